The third-order valence-electron chi connectivity index (χ3n) is 0.775. The molecule has 3 nitrogen and oxygen atoms in total. The molecule has 0 unspecified atom stereocenters. The average molecular weight is 103 g/mol. The SMILES string of the molecule is C[C@H](CN)C(=O)O. The van der Waals surface area contributed by atoms with E-state index < -0.39 is 11.9 Å². The van der Waals surface area contributed by atoms with E-state index in [0.29, 0.717) is 0 Å². The molecule has 3 heteroatoms. The Kier molecular flexibility index (Phi) is 2.37. The van der Waals surface area contributed by atoms with Gasteiger partial charge >= 0.3 is 5.97 Å². The molecule has 0 bridgehead atoms. The number of carbonyl (C=O) groups is 1. The molecule has 0 amide bonds. The van der Waals surface area contributed by atoms with Crippen molar-refractivity contribution >= 4 is 5.97 Å². The number of nitrogens with two attached hydrogens (primary N) is 1. The Bertz CT molecular complexity index is 72.1. The average Bonchev–Trinajstić information content (AvgIpc) is 1.65. The van der Waals surface area contributed by atoms with E-state index in [1.165, 1.54) is 0 Å². The Balaban J connectivity index is 3.34. The monoisotopic (exact) mass is 103 g/mol. The van der Waals surface area contributed by atoms with Crippen LogP contribution in [0.15, 0.2) is 0 Å². The van der Waals surface area contributed by atoms with Crippen LogP contribution in [-0.2, 0) is 4.79 Å². The van der Waals surface area contributed by atoms with Crippen LogP contribution >= 0.6 is 0 Å². The minimum Gasteiger partial charge on any atom is -0.481 e. The van der Waals surface area contributed by atoms with Crippen LogP contribution in [-0.4, -0.2) is 17.6 Å². The van der Waals surface area contributed by atoms with E-state index in [4.69, 9.17) is 10.8 Å². The topological polar surface area (TPSA) is 63.3 Å². The number of hydrogen-bond acceptors (Lipinski definition) is 2. The predicted octanol–water partition coefficient (Wildman–Crippen LogP) is -0.334. The largest absolute Gasteiger partial charge is 0.481 e. The van der Waals surface area contributed by atoms with Gasteiger partial charge in [0.25, 0.3) is 0 Å². The van der Waals surface area contributed by atoms with E-state index in [0.717, 1.165) is 0 Å². The summed E-state index contributed by atoms with van der Waals surface area (Å²) in [6, 6.07) is 0. The van der Waals surface area contributed by atoms with E-state index in [1.54, 1.807) is 6.92 Å². The standard InChI is InChI=1S/C4H9NO2/c1-3(2-5)4(6)7/h3H,2,5H2,1H3,(H,6,7)/t3-/m1/s1. The maximum atomic E-state index is 9.85. The van der Waals surface area contributed by atoms with Crippen LogP contribution in [0.3, 0.4) is 0 Å². The van der Waals surface area contributed by atoms with Crippen molar-refractivity contribution in [3.05, 3.63) is 0 Å². The lowest BCUT2D eigenvalue weighted by atomic mass is 10.2. The molecule has 0 aliphatic heterocycles. The summed E-state index contributed by atoms with van der Waals surface area (Å²) in [5, 5.41) is 8.10. The lowest BCUT2D eigenvalue weighted by molar-refractivity contribution is -0.140. The van der Waals surface area contributed by atoms with E-state index in [1.807, 2.05) is 0 Å². The van der Waals surface area contributed by atoms with Gasteiger partial charge in [-0.05, 0) is 0 Å². The Hall–Kier alpha value is -0.570. The van der Waals surface area contributed by atoms with E-state index in [2.05, 4.69) is 0 Å². The van der Waals surface area contributed by atoms with Crippen LogP contribution < -0.4 is 5.73 Å². The van der Waals surface area contributed by atoms with E-state index in [9.17, 15) is 4.79 Å². The van der Waals surface area contributed by atoms with Crippen molar-refractivity contribution in [2.75, 3.05) is 6.54 Å². The Morgan fingerprint density at radius 3 is 2.43 bits per heavy atom. The summed E-state index contributed by atoms with van der Waals surface area (Å²) in [6.07, 6.45) is 0. The molecular weight excluding hydrogens is 94.0 g/mol. The summed E-state index contributed by atoms with van der Waals surface area (Å²) in [7, 11) is 0. The molecule has 1 atom stereocenters. The van der Waals surface area contributed by atoms with Gasteiger partial charge in [0.15, 0.2) is 0 Å². The molecule has 0 saturated carbocycles. The summed E-state index contributed by atoms with van der Waals surface area (Å²) in [5.74, 6) is -1.23. The summed E-state index contributed by atoms with van der Waals surface area (Å²) in [4.78, 5) is 9.85. The molecule has 3 N–H and O–H groups in total. The third kappa shape index (κ3) is 2.17. The van der Waals surface area contributed by atoms with Crippen LogP contribution in [0.4, 0.5) is 0 Å². The van der Waals surface area contributed by atoms with Gasteiger partial charge in [0, 0.05) is 6.54 Å². The first-order valence-electron chi connectivity index (χ1n) is 2.11. The normalized spacial score (nSPS) is 13.4. The number of aliphatic carboxylic acids is 1. The maximum absolute atomic E-state index is 9.85. The van der Waals surface area contributed by atoms with Gasteiger partial charge in [0.1, 0.15) is 0 Å². The molecular formula is C4H9NO2. The van der Waals surface area contributed by atoms with Gasteiger partial charge in [-0.1, -0.05) is 6.92 Å². The first-order chi connectivity index (χ1) is 3.18. The summed E-state index contributed by atoms with van der Waals surface area (Å²) in [6.45, 7) is 1.79. The number of hydrogen-bond donors (Lipinski definition) is 2. The molecule has 0 fully saturated rings. The quantitative estimate of drug-likeness (QED) is 0.502. The highest BCUT2D eigenvalue weighted by Gasteiger charge is 2.05. The molecule has 0 aliphatic rings. The molecule has 0 spiro atoms. The Morgan fingerprint density at radius 2 is 2.43 bits per heavy atom. The van der Waals surface area contributed by atoms with Gasteiger partial charge in [-0.3, -0.25) is 4.79 Å². The Labute approximate surface area is 42.1 Å². The Morgan fingerprint density at radius 1 is 2.00 bits per heavy atom. The summed E-state index contributed by atoms with van der Waals surface area (Å²) < 4.78 is 0. The lowest BCUT2D eigenvalue weighted by Gasteiger charge is -1.96. The molecule has 0 aliphatic carbocycles. The predicted molar refractivity (Wildman–Crippen MR) is 25.9 cm³/mol. The third-order valence-corrected chi connectivity index (χ3v) is 0.775. The fourth-order valence-electron chi connectivity index (χ4n) is 0.101. The fraction of sp³-hybridized carbons (Fsp3) is 0.750. The molecule has 0 rings (SSSR count). The second kappa shape index (κ2) is 2.58. The van der Waals surface area contributed by atoms with Gasteiger partial charge < -0.3 is 10.8 Å². The van der Waals surface area contributed by atoms with Crippen molar-refractivity contribution in [3.8, 4) is 0 Å². The van der Waals surface area contributed by atoms with Crippen molar-refractivity contribution in [2.45, 2.75) is 6.92 Å². The molecule has 0 aromatic rings. The molecule has 0 radical (unpaired) electrons. The second-order valence-corrected chi connectivity index (χ2v) is 1.47. The van der Waals surface area contributed by atoms with E-state index >= 15 is 0 Å². The van der Waals surface area contributed by atoms with Gasteiger partial charge in [0.05, 0.1) is 5.92 Å². The van der Waals surface area contributed by atoms with Crippen LogP contribution in [0.25, 0.3) is 0 Å². The van der Waals surface area contributed by atoms with Crippen molar-refractivity contribution in [1.82, 2.24) is 0 Å². The lowest BCUT2D eigenvalue weighted by Crippen LogP contribution is -2.19. The summed E-state index contributed by atoms with van der Waals surface area (Å²) >= 11 is 0. The molecule has 0 saturated heterocycles. The zero-order valence-corrected chi connectivity index (χ0v) is 4.22. The smallest absolute Gasteiger partial charge is 0.307 e. The van der Waals surface area contributed by atoms with Gasteiger partial charge in [-0.2, -0.15) is 0 Å². The highest BCUT2D eigenvalue weighted by Crippen LogP contribution is 1.87. The second-order valence-electron chi connectivity index (χ2n) is 1.47. The van der Waals surface area contributed by atoms with E-state index in [-0.39, 0.29) is 6.54 Å². The van der Waals surface area contributed by atoms with Crippen molar-refractivity contribution in [1.29, 1.82) is 0 Å². The minimum atomic E-state index is -0.831. The van der Waals surface area contributed by atoms with Crippen LogP contribution in [0.5, 0.6) is 0 Å². The highest BCUT2D eigenvalue weighted by atomic mass is 16.4. The maximum Gasteiger partial charge on any atom is 0.307 e. The fourth-order valence-corrected chi connectivity index (χ4v) is 0.101. The highest BCUT2D eigenvalue weighted by molar-refractivity contribution is 5.69. The molecule has 42 valence electrons. The number of carboxylic acid groups (broad SMARTS) is 1. The number of rotatable bonds is 2. The van der Waals surface area contributed by atoms with Gasteiger partial charge in [0.2, 0.25) is 0 Å². The van der Waals surface area contributed by atoms with Crippen LogP contribution in [0.1, 0.15) is 6.92 Å². The zero-order valence-electron chi connectivity index (χ0n) is 4.22. The first kappa shape index (κ1) is 6.43. The number of carboxylic acids is 1. The first-order valence-corrected chi connectivity index (χ1v) is 2.11. The minimum absolute atomic E-state index is 0.218. The molecule has 0 heterocycles. The van der Waals surface area contributed by atoms with Crippen molar-refractivity contribution < 1.29 is 9.90 Å². The van der Waals surface area contributed by atoms with Crippen molar-refractivity contribution in [2.24, 2.45) is 11.7 Å². The van der Waals surface area contributed by atoms with Crippen LogP contribution in [0, 0.1) is 5.92 Å². The van der Waals surface area contributed by atoms with Crippen molar-refractivity contribution in [3.63, 3.8) is 0 Å². The molecule has 0 aromatic heterocycles. The van der Waals surface area contributed by atoms with Gasteiger partial charge in [-0.15, -0.1) is 0 Å². The zero-order chi connectivity index (χ0) is 5.86. The molecule has 0 aromatic carbocycles. The summed E-state index contributed by atoms with van der Waals surface area (Å²) in [5.41, 5.74) is 4.99. The van der Waals surface area contributed by atoms with Crippen LogP contribution in [0.2, 0.25) is 0 Å². The van der Waals surface area contributed by atoms with Gasteiger partial charge in [-0.25, -0.2) is 0 Å². The molecule has 7 heavy (non-hydrogen) atoms.